The number of carbonyl (C=O) groups is 1. The molecule has 0 aromatic heterocycles. The molecule has 0 aromatic carbocycles. The fourth-order valence-electron chi connectivity index (χ4n) is 1.67. The van der Waals surface area contributed by atoms with Crippen molar-refractivity contribution >= 4 is 6.16 Å². The molecule has 0 aliphatic heterocycles. The van der Waals surface area contributed by atoms with Crippen LogP contribution in [-0.4, -0.2) is 70.5 Å². The standard InChI is InChI=1S/2C8H20N.CH2O3/c2*1-5-6-7-8-9(2,3)4;2-1(3)4/h2*5-8H2,1-4H3;(H2,2,3,4)/q2*+1;/p-2. The van der Waals surface area contributed by atoms with Gasteiger partial charge < -0.3 is 24.0 Å². The highest BCUT2D eigenvalue weighted by Gasteiger charge is 2.04. The van der Waals surface area contributed by atoms with E-state index in [1.165, 1.54) is 51.6 Å². The Kier molecular flexibility index (Phi) is 17.9. The van der Waals surface area contributed by atoms with Crippen molar-refractivity contribution in [2.75, 3.05) is 55.4 Å². The van der Waals surface area contributed by atoms with Gasteiger partial charge in [0.25, 0.3) is 0 Å². The van der Waals surface area contributed by atoms with Gasteiger partial charge in [-0.2, -0.15) is 0 Å². The lowest BCUT2D eigenvalue weighted by Crippen LogP contribution is -2.37. The minimum absolute atomic E-state index is 1.11. The summed E-state index contributed by atoms with van der Waals surface area (Å²) in [4.78, 5) is 8.33. The van der Waals surface area contributed by atoms with Gasteiger partial charge in [-0.15, -0.1) is 0 Å². The maximum Gasteiger partial charge on any atom is 0.0780 e. The first-order valence-corrected chi connectivity index (χ1v) is 8.34. The molecule has 0 N–H and O–H groups in total. The Morgan fingerprint density at radius 1 is 0.682 bits per heavy atom. The van der Waals surface area contributed by atoms with Crippen molar-refractivity contribution in [3.63, 3.8) is 0 Å². The smallest absolute Gasteiger partial charge is 0.0780 e. The van der Waals surface area contributed by atoms with Gasteiger partial charge in [0.05, 0.1) is 55.4 Å². The monoisotopic (exact) mass is 320 g/mol. The van der Waals surface area contributed by atoms with Crippen LogP contribution >= 0.6 is 0 Å². The average Bonchev–Trinajstić information content (AvgIpc) is 2.26. The second-order valence-electron chi connectivity index (χ2n) is 7.69. The molecule has 0 aliphatic carbocycles. The normalized spacial score (nSPS) is 10.9. The Morgan fingerprint density at radius 3 is 1.05 bits per heavy atom. The fraction of sp³-hybridized carbons (Fsp3) is 0.941. The van der Waals surface area contributed by atoms with E-state index in [0.717, 1.165) is 8.97 Å². The SMILES string of the molecule is CCCCC[N+](C)(C)C.CCCCC[N+](C)(C)C.O=C([O-])[O-]. The van der Waals surface area contributed by atoms with Crippen molar-refractivity contribution in [1.29, 1.82) is 0 Å². The molecular formula is C17H40N2O3. The molecule has 0 heterocycles. The second kappa shape index (κ2) is 15.1. The minimum Gasteiger partial charge on any atom is -0.652 e. The highest BCUT2D eigenvalue weighted by molar-refractivity contribution is 5.47. The lowest BCUT2D eigenvalue weighted by Gasteiger charge is -2.23. The van der Waals surface area contributed by atoms with E-state index in [2.05, 4.69) is 56.1 Å². The summed E-state index contributed by atoms with van der Waals surface area (Å²) in [5.74, 6) is 0. The Balaban J connectivity index is -0.000000266. The van der Waals surface area contributed by atoms with E-state index < -0.39 is 6.16 Å². The summed E-state index contributed by atoms with van der Waals surface area (Å²) in [5, 5.41) is 16.7. The number of hydrogen-bond donors (Lipinski definition) is 0. The largest absolute Gasteiger partial charge is 0.652 e. The van der Waals surface area contributed by atoms with Crippen LogP contribution in [0.5, 0.6) is 0 Å². The lowest BCUT2D eigenvalue weighted by atomic mass is 10.2. The van der Waals surface area contributed by atoms with Gasteiger partial charge >= 0.3 is 0 Å². The number of rotatable bonds is 8. The minimum atomic E-state index is -2.33. The number of nitrogens with zero attached hydrogens (tertiary/aromatic N) is 2. The molecule has 0 aromatic rings. The zero-order valence-electron chi connectivity index (χ0n) is 16.3. The predicted octanol–water partition coefficient (Wildman–Crippen LogP) is 1.32. The van der Waals surface area contributed by atoms with Gasteiger partial charge in [0.1, 0.15) is 0 Å². The molecule has 0 radical (unpaired) electrons. The topological polar surface area (TPSA) is 63.2 Å². The van der Waals surface area contributed by atoms with E-state index in [1.54, 1.807) is 0 Å². The van der Waals surface area contributed by atoms with Crippen molar-refractivity contribution in [3.8, 4) is 0 Å². The van der Waals surface area contributed by atoms with Crippen LogP contribution < -0.4 is 10.2 Å². The molecule has 5 heteroatoms. The third-order valence-electron chi connectivity index (χ3n) is 2.86. The van der Waals surface area contributed by atoms with Gasteiger partial charge in [-0.3, -0.25) is 0 Å². The van der Waals surface area contributed by atoms with Crippen molar-refractivity contribution in [2.24, 2.45) is 0 Å². The Labute approximate surface area is 138 Å². The van der Waals surface area contributed by atoms with Crippen molar-refractivity contribution in [1.82, 2.24) is 0 Å². The summed E-state index contributed by atoms with van der Waals surface area (Å²) >= 11 is 0. The lowest BCUT2D eigenvalue weighted by molar-refractivity contribution is -0.870. The van der Waals surface area contributed by atoms with Crippen LogP contribution in [0, 0.1) is 0 Å². The maximum absolute atomic E-state index is 8.33. The summed E-state index contributed by atoms with van der Waals surface area (Å²) in [7, 11) is 13.5. The van der Waals surface area contributed by atoms with Crippen LogP contribution in [0.15, 0.2) is 0 Å². The van der Waals surface area contributed by atoms with Crippen LogP contribution in [0.3, 0.4) is 0 Å². The molecule has 0 saturated heterocycles. The van der Waals surface area contributed by atoms with Crippen molar-refractivity contribution in [3.05, 3.63) is 0 Å². The summed E-state index contributed by atoms with van der Waals surface area (Å²) in [6.45, 7) is 7.12. The van der Waals surface area contributed by atoms with E-state index in [-0.39, 0.29) is 0 Å². The molecule has 0 atom stereocenters. The number of hydrogen-bond acceptors (Lipinski definition) is 3. The number of carbonyl (C=O) groups excluding carboxylic acids is 1. The highest BCUT2D eigenvalue weighted by atomic mass is 16.6. The summed E-state index contributed by atoms with van der Waals surface area (Å²) in [5.41, 5.74) is 0. The van der Waals surface area contributed by atoms with E-state index >= 15 is 0 Å². The molecule has 0 saturated carbocycles. The second-order valence-corrected chi connectivity index (χ2v) is 7.69. The molecule has 0 bridgehead atoms. The Bertz CT molecular complexity index is 219. The molecule has 0 fully saturated rings. The van der Waals surface area contributed by atoms with Crippen LogP contribution in [0.4, 0.5) is 4.79 Å². The van der Waals surface area contributed by atoms with Gasteiger partial charge in [-0.05, 0) is 31.8 Å². The molecule has 0 amide bonds. The summed E-state index contributed by atoms with van der Waals surface area (Å²) in [6, 6.07) is 0. The summed E-state index contributed by atoms with van der Waals surface area (Å²) in [6.07, 6.45) is 5.85. The quantitative estimate of drug-likeness (QED) is 0.500. The van der Waals surface area contributed by atoms with E-state index in [9.17, 15) is 0 Å². The molecule has 0 spiro atoms. The molecule has 5 nitrogen and oxygen atoms in total. The number of carboxylic acid groups (broad SMARTS) is 2. The van der Waals surface area contributed by atoms with Crippen LogP contribution in [-0.2, 0) is 0 Å². The zero-order chi connectivity index (χ0) is 18.2. The number of unbranched alkanes of at least 4 members (excludes halogenated alkanes) is 4. The number of quaternary nitrogens is 2. The Morgan fingerprint density at radius 2 is 0.909 bits per heavy atom. The summed E-state index contributed by atoms with van der Waals surface area (Å²) < 4.78 is 2.22. The van der Waals surface area contributed by atoms with Gasteiger partial charge in [-0.1, -0.05) is 26.7 Å². The third-order valence-corrected chi connectivity index (χ3v) is 2.86. The van der Waals surface area contributed by atoms with Crippen LogP contribution in [0.2, 0.25) is 0 Å². The molecule has 0 rings (SSSR count). The van der Waals surface area contributed by atoms with Gasteiger partial charge in [0.2, 0.25) is 0 Å². The van der Waals surface area contributed by atoms with E-state index in [1.807, 2.05) is 0 Å². The Hall–Kier alpha value is -0.810. The average molecular weight is 321 g/mol. The highest BCUT2D eigenvalue weighted by Crippen LogP contribution is 1.99. The van der Waals surface area contributed by atoms with Crippen LogP contribution in [0.1, 0.15) is 52.4 Å². The third kappa shape index (κ3) is 50.7. The van der Waals surface area contributed by atoms with E-state index in [0.29, 0.717) is 0 Å². The van der Waals surface area contributed by atoms with Crippen molar-refractivity contribution < 1.29 is 24.0 Å². The van der Waals surface area contributed by atoms with Gasteiger partial charge in [-0.25, -0.2) is 0 Å². The molecule has 0 unspecified atom stereocenters. The first kappa shape index (κ1) is 26.1. The molecule has 136 valence electrons. The first-order chi connectivity index (χ1) is 9.85. The molecular weight excluding hydrogens is 280 g/mol. The van der Waals surface area contributed by atoms with Gasteiger partial charge in [0, 0.05) is 0 Å². The van der Waals surface area contributed by atoms with E-state index in [4.69, 9.17) is 15.0 Å². The first-order valence-electron chi connectivity index (χ1n) is 8.34. The maximum atomic E-state index is 8.33. The zero-order valence-corrected chi connectivity index (χ0v) is 16.3. The molecule has 22 heavy (non-hydrogen) atoms. The fourth-order valence-corrected chi connectivity index (χ4v) is 1.67. The van der Waals surface area contributed by atoms with Gasteiger partial charge in [0.15, 0.2) is 0 Å². The van der Waals surface area contributed by atoms with Crippen molar-refractivity contribution in [2.45, 2.75) is 52.4 Å². The van der Waals surface area contributed by atoms with Crippen LogP contribution in [0.25, 0.3) is 0 Å². The molecule has 0 aliphatic rings. The predicted molar refractivity (Wildman–Crippen MR) is 90.2 cm³/mol.